The fourth-order valence-electron chi connectivity index (χ4n) is 4.39. The molecule has 0 N–H and O–H groups in total. The first-order valence-corrected chi connectivity index (χ1v) is 15.2. The van der Waals surface area contributed by atoms with Crippen molar-refractivity contribution in [2.75, 3.05) is 0 Å². The minimum Gasteiger partial charge on any atom is -0.147 e. The first-order valence-electron chi connectivity index (χ1n) is 9.31. The maximum Gasteiger partial charge on any atom is -0.147 e. The van der Waals surface area contributed by atoms with E-state index in [1.807, 2.05) is 6.56 Å². The summed E-state index contributed by atoms with van der Waals surface area (Å²) < 4.78 is 6.97. The molecular formula is C22H36Cl2Zr. The van der Waals surface area contributed by atoms with Crippen molar-refractivity contribution in [3.63, 3.8) is 0 Å². The van der Waals surface area contributed by atoms with Crippen molar-refractivity contribution in [2.45, 2.75) is 70.1 Å². The summed E-state index contributed by atoms with van der Waals surface area (Å²) in [5.41, 5.74) is 5.52. The van der Waals surface area contributed by atoms with Gasteiger partial charge in [0.1, 0.15) is 0 Å². The van der Waals surface area contributed by atoms with E-state index in [4.69, 9.17) is 0 Å². The molecule has 25 heavy (non-hydrogen) atoms. The van der Waals surface area contributed by atoms with Gasteiger partial charge in [-0.05, 0) is 0 Å². The predicted octanol–water partition coefficient (Wildman–Crippen LogP) is 7.99. The van der Waals surface area contributed by atoms with Crippen molar-refractivity contribution in [3.05, 3.63) is 41.5 Å². The van der Waals surface area contributed by atoms with Gasteiger partial charge in [-0.15, -0.1) is 24.8 Å². The monoisotopic (exact) mass is 460 g/mol. The van der Waals surface area contributed by atoms with E-state index >= 15 is 0 Å². The fourth-order valence-corrected chi connectivity index (χ4v) is 19.1. The molecule has 0 radical (unpaired) electrons. The molecule has 0 aromatic carbocycles. The molecule has 3 aliphatic rings. The third-order valence-corrected chi connectivity index (χ3v) is 18.3. The molecule has 1 heterocycles. The average molecular weight is 463 g/mol. The Kier molecular flexibility index (Phi) is 6.99. The van der Waals surface area contributed by atoms with Crippen LogP contribution in [-0.2, 0) is 20.3 Å². The predicted molar refractivity (Wildman–Crippen MR) is 114 cm³/mol. The Labute approximate surface area is 172 Å². The minimum atomic E-state index is -2.19. The van der Waals surface area contributed by atoms with Crippen LogP contribution in [0.1, 0.15) is 61.8 Å². The molecule has 2 aliphatic carbocycles. The van der Waals surface area contributed by atoms with Crippen LogP contribution in [0.3, 0.4) is 0 Å². The van der Waals surface area contributed by atoms with Crippen LogP contribution in [-0.4, -0.2) is 0 Å². The summed E-state index contributed by atoms with van der Waals surface area (Å²) in [4.78, 5) is 0. The van der Waals surface area contributed by atoms with Gasteiger partial charge in [0.15, 0.2) is 0 Å². The molecule has 0 saturated carbocycles. The van der Waals surface area contributed by atoms with Crippen LogP contribution in [0.5, 0.6) is 0 Å². The van der Waals surface area contributed by atoms with Gasteiger partial charge in [0, 0.05) is 0 Å². The van der Waals surface area contributed by atoms with E-state index in [9.17, 15) is 0 Å². The van der Waals surface area contributed by atoms with Gasteiger partial charge in [-0.25, -0.2) is 0 Å². The second kappa shape index (κ2) is 7.45. The standard InChI is InChI=1S/2C10H15.C2H4.2ClH.Zr/c2*1-8-5-6-9(7-8)10(2,3)4;1-2;;;/h7H,6H2,1-4H3;6-8H,1-4H3;1-2H2;2*1H;. The molecule has 3 heteroatoms. The molecule has 0 amide bonds. The van der Waals surface area contributed by atoms with Crippen molar-refractivity contribution in [2.24, 2.45) is 16.7 Å². The Bertz CT molecular complexity index is 659. The Morgan fingerprint density at radius 3 is 1.84 bits per heavy atom. The van der Waals surface area contributed by atoms with E-state index < -0.39 is 20.3 Å². The molecule has 1 aliphatic heterocycles. The zero-order valence-corrected chi connectivity index (χ0v) is 21.3. The number of hydrogen-bond acceptors (Lipinski definition) is 0. The van der Waals surface area contributed by atoms with E-state index in [1.165, 1.54) is 6.42 Å². The summed E-state index contributed by atoms with van der Waals surface area (Å²) in [6.45, 7) is 19.1. The zero-order valence-electron chi connectivity index (χ0n) is 17.2. The fraction of sp³-hybridized carbons (Fsp3) is 0.636. The third-order valence-electron chi connectivity index (χ3n) is 6.17. The summed E-state index contributed by atoms with van der Waals surface area (Å²) in [6.07, 6.45) is 9.03. The van der Waals surface area contributed by atoms with Crippen molar-refractivity contribution in [1.29, 1.82) is 0 Å². The molecule has 1 fully saturated rings. The van der Waals surface area contributed by atoms with Gasteiger partial charge in [-0.1, -0.05) is 0 Å². The van der Waals surface area contributed by atoms with Crippen LogP contribution < -0.4 is 0 Å². The van der Waals surface area contributed by atoms with E-state index in [-0.39, 0.29) is 24.8 Å². The molecule has 3 rings (SSSR count). The van der Waals surface area contributed by atoms with Crippen LogP contribution in [0.2, 0.25) is 8.26 Å². The normalized spacial score (nSPS) is 25.0. The minimum absolute atomic E-state index is 0. The molecule has 1 unspecified atom stereocenters. The molecule has 0 bridgehead atoms. The van der Waals surface area contributed by atoms with E-state index in [0.29, 0.717) is 16.7 Å². The molecule has 0 nitrogen and oxygen atoms in total. The van der Waals surface area contributed by atoms with Crippen molar-refractivity contribution in [3.8, 4) is 0 Å². The van der Waals surface area contributed by atoms with Crippen LogP contribution in [0, 0.1) is 16.7 Å². The summed E-state index contributed by atoms with van der Waals surface area (Å²) in [5, 5.41) is 0. The van der Waals surface area contributed by atoms with Crippen LogP contribution in [0.25, 0.3) is 0 Å². The van der Waals surface area contributed by atoms with Gasteiger partial charge in [0.25, 0.3) is 0 Å². The molecular weight excluding hydrogens is 426 g/mol. The van der Waals surface area contributed by atoms with Crippen molar-refractivity contribution >= 4 is 24.8 Å². The molecule has 0 spiro atoms. The smallest absolute Gasteiger partial charge is 0.147 e. The number of rotatable bonds is 2. The first-order chi connectivity index (χ1) is 10.4. The van der Waals surface area contributed by atoms with Gasteiger partial charge in [-0.2, -0.15) is 0 Å². The SMILES string of the molecule is CC1=[C]([Zr]2([C]3=CC(C(C)(C)C)=CC3C)[CH2][CH2]2)CC(C(C)(C)C)=C1.Cl.Cl. The molecule has 0 aromatic rings. The zero-order chi connectivity index (χ0) is 17.2. The summed E-state index contributed by atoms with van der Waals surface area (Å²) >= 11 is -2.19. The van der Waals surface area contributed by atoms with Gasteiger partial charge in [0.2, 0.25) is 0 Å². The summed E-state index contributed by atoms with van der Waals surface area (Å²) in [5.74, 6) is 0.696. The summed E-state index contributed by atoms with van der Waals surface area (Å²) in [6, 6.07) is 0. The Balaban J connectivity index is 0.00000156. The Hall–Kier alpha value is 0.423. The molecule has 0 aromatic heterocycles. The first kappa shape index (κ1) is 23.5. The quantitative estimate of drug-likeness (QED) is 0.390. The largest absolute Gasteiger partial charge is 0.147 e. The Morgan fingerprint density at radius 1 is 0.920 bits per heavy atom. The van der Waals surface area contributed by atoms with E-state index in [0.717, 1.165) is 0 Å². The Morgan fingerprint density at radius 2 is 1.48 bits per heavy atom. The molecule has 142 valence electrons. The number of halogens is 2. The van der Waals surface area contributed by atoms with E-state index in [2.05, 4.69) is 73.6 Å². The topological polar surface area (TPSA) is 0 Å². The van der Waals surface area contributed by atoms with E-state index in [1.54, 1.807) is 25.0 Å². The van der Waals surface area contributed by atoms with Gasteiger partial charge in [-0.3, -0.25) is 0 Å². The average Bonchev–Trinajstić information content (AvgIpc) is 2.90. The van der Waals surface area contributed by atoms with Crippen LogP contribution >= 0.6 is 24.8 Å². The summed E-state index contributed by atoms with van der Waals surface area (Å²) in [7, 11) is 0. The molecule has 1 atom stereocenters. The van der Waals surface area contributed by atoms with Crippen molar-refractivity contribution in [1.82, 2.24) is 0 Å². The number of allylic oxidation sites excluding steroid dienone is 8. The third kappa shape index (κ3) is 4.30. The number of hydrogen-bond donors (Lipinski definition) is 0. The van der Waals surface area contributed by atoms with Gasteiger partial charge in [0.05, 0.1) is 0 Å². The maximum absolute atomic E-state index is 2.64. The second-order valence-corrected chi connectivity index (χ2v) is 20.8. The molecule has 1 saturated heterocycles. The maximum atomic E-state index is 2.64. The van der Waals surface area contributed by atoms with Crippen LogP contribution in [0.4, 0.5) is 0 Å². The van der Waals surface area contributed by atoms with Gasteiger partial charge < -0.3 is 0 Å². The second-order valence-electron chi connectivity index (χ2n) is 10.1. The van der Waals surface area contributed by atoms with Crippen molar-refractivity contribution < 1.29 is 20.3 Å². The van der Waals surface area contributed by atoms with Gasteiger partial charge >= 0.3 is 149 Å². The van der Waals surface area contributed by atoms with Crippen LogP contribution in [0.15, 0.2) is 41.5 Å².